The Kier molecular flexibility index (Phi) is 24.6. The predicted octanol–water partition coefficient (Wildman–Crippen LogP) is 26.7. The third-order valence-electron chi connectivity index (χ3n) is 13.8. The number of carbonyl (C=O) groups excluding carboxylic acids is 1. The summed E-state index contributed by atoms with van der Waals surface area (Å²) in [6.45, 7) is 7.76. The van der Waals surface area contributed by atoms with Crippen molar-refractivity contribution in [1.29, 1.82) is 5.26 Å². The smallest absolute Gasteiger partial charge is 0.350 e. The van der Waals surface area contributed by atoms with Gasteiger partial charge in [-0.05, 0) is 139 Å². The van der Waals surface area contributed by atoms with Crippen molar-refractivity contribution >= 4 is 72.0 Å². The average Bonchev–Trinajstić information content (AvgIpc) is 1.64. The number of unbranched alkanes of at least 4 members (excludes halogenated alkanes) is 1. The van der Waals surface area contributed by atoms with Gasteiger partial charge in [0.2, 0.25) is 9.23 Å². The lowest BCUT2D eigenvalue weighted by Gasteiger charge is -2.37. The minimum absolute atomic E-state index is 0. The molecule has 4 fully saturated rings. The number of rotatable bonds is 12. The summed E-state index contributed by atoms with van der Waals surface area (Å²) >= 11 is 2.07. The third-order valence-corrected chi connectivity index (χ3v) is 16.5. The number of nitriles is 1. The predicted molar refractivity (Wildman–Crippen MR) is 391 cm³/mol. The number of ether oxygens (including phenoxy) is 1. The van der Waals surface area contributed by atoms with Gasteiger partial charge in [-0.25, -0.2) is 9.00 Å². The number of benzene rings is 1. The van der Waals surface area contributed by atoms with Gasteiger partial charge in [-0.1, -0.05) is 88.7 Å². The van der Waals surface area contributed by atoms with E-state index in [1.165, 1.54) is 115 Å². The molecule has 0 radical (unpaired) electrons. The van der Waals surface area contributed by atoms with E-state index in [1.54, 1.807) is 19.9 Å². The summed E-state index contributed by atoms with van der Waals surface area (Å²) in [5.74, 6) is 3.38. The molecule has 6 rings (SSSR count). The fraction of sp³-hybridized carbons (Fsp3) is 0.745. The third kappa shape index (κ3) is 19.3. The molecule has 604 valence electrons. The van der Waals surface area contributed by atoms with Gasteiger partial charge in [-0.15, -0.1) is 0 Å². The number of hydrogen-bond donors (Lipinski definition) is 5. The van der Waals surface area contributed by atoms with E-state index in [2.05, 4.69) is 35.2 Å². The van der Waals surface area contributed by atoms with Gasteiger partial charge in [0.25, 0.3) is 0 Å². The Morgan fingerprint density at radius 3 is 1.48 bits per heavy atom. The van der Waals surface area contributed by atoms with Gasteiger partial charge in [0.05, 0.1) is 38.1 Å². The van der Waals surface area contributed by atoms with Gasteiger partial charge in [0.15, 0.2) is 5.57 Å². The first-order chi connectivity index (χ1) is 29.9. The molecule has 0 unspecified atom stereocenters. The zero-order valence-electron chi connectivity index (χ0n) is 162. The number of aromatic hydroxyl groups is 2. The summed E-state index contributed by atoms with van der Waals surface area (Å²) in [5.41, 5.74) is -1.16. The molecule has 4 saturated carbocycles. The van der Waals surface area contributed by atoms with Crippen LogP contribution in [-0.4, -0.2) is 59.9 Å². The number of aliphatic carboxylic acids is 2. The standard InChI is InChI=1S/C17H30O2.C15H15NO5S2.C15H26O2.Cl2OS.124H/c1-2-3-4-13-5-7-14(8-6-13)15-9-11-16(12-10-15)17(18)19;1-15(2,20)5-6-21-13(19)8(7-16)14-22-11-9(17)3-4-10(18)12(11)23-14;1-2-11-3-5-12(6-4-11)13-7-9-14(10-8-13)15(16)17;1-4(2)3;;;;;;;;;;;;;;;;;;;;;;;;;;;;;;;;;;;;;;;;;;;;;;;;;;;;;;;;;;;;;;;;;;;;;;;;;;;;;;;;;;;;;;;;;;;;;;;;;;;;;;;;;;;;;;;;;;;;;;;;;;;;/h13-16H,2-12H2,1H3,(H,18,19);3-4,17-18,20H,5-6H2,1-2H3;11-14H,2-10H2,1H3,(H,16,17);;;;;;;;;;;;;;;;;;;;;;;;;;;;;;;;;;;;;;;;;;;;;;;;;;;;;;;;;;;;;;;;;;;;;;;;;;;;;;;;;;;;;;;;;;;;;;;;;;;;;;;;;;;;;;;;;;;;;;;;;;;;;/q;;;;124*-1/i;;;;124*1+1. The van der Waals surface area contributed by atoms with E-state index in [0.29, 0.717) is 14.0 Å². The second-order valence-electron chi connectivity index (χ2n) is 18.6. The van der Waals surface area contributed by atoms with Gasteiger partial charge in [-0.2, -0.15) is 5.26 Å². The molecular formula is C47H195Cl2NO10S3-124. The van der Waals surface area contributed by atoms with Gasteiger partial charge >= 0.3 is 17.9 Å². The SMILES string of the molecule is CC(C)(O)CCOC(=O)C(C#N)=C1Sc2c(O)ccc(O)c2S1.CCC1CCC(C2CCC(C(=O)O)CC2)CC1.CCCCC1CCC(C2CCC(C(=O)O)CC2)CC1.O=S(Cl)Cl.[2H-].[2H-].[2H-].[2H-].[2H-].[2H-].[2H-].[2H-].[2H-].[2H-].[2H-].[2H-].[2H-].[2H-].[2H-].[2H-].[2H-].[2H-].[2H-].[2H-].[2H-].[2H-].[2H-].[2H-].[2H-].[2H-].[2H-].[2H-].[2H-].[2H-].[2H-].[2H-].[2H-].[2H-].[2H-].[2H-].[2H-].[2H-].[2H-].[2H-].[2H-].[2H-].[2H-].[2H-].[2H-].[2H-].[2H-].[2H-].[2H-].[2H-].[2H-].[2H-].[2H-].[2H-].[2H-].[2H-].[2H-].[2H-].[2H-].[2H-].[2H-].[2H-].[2H-].[2H-].[2H-].[2H-].[2H-].[2H-].[2H-].[2H-].[2H-].[2H-].[2H-].[2H-].[2H-].[2H-].[2H-].[2H-].[2H-].[2H-].[2H-].[2H-].[2H-].[2H-].[2H-].[2H-].[2H-].[2H-].[2H-].[2H-].[2H-].[2H-].[2H-].[2H-].[2H-].[2H-].[2H-].[2H-].[2H-].[2H-].[2H-].[2H-].[2H-].[2H-].[2H-].[2H-].[2H-].[2H-].[2H-].[2H-].[2H-].[2H-].[2H-].[2H-].[2H-].[2H-].[2H-].[2H-].[2H-].[2H-].[2H-].[2H-].[2H-].[2H-]. The maximum atomic E-state index is 12.0. The summed E-state index contributed by atoms with van der Waals surface area (Å²) in [7, 11) is 7.36. The highest BCUT2D eigenvalue weighted by molar-refractivity contribution is 8.26. The fourth-order valence-electron chi connectivity index (χ4n) is 9.87. The van der Waals surface area contributed by atoms with E-state index in [1.807, 2.05) is 0 Å². The summed E-state index contributed by atoms with van der Waals surface area (Å²) in [5, 5.41) is 56.5. The Morgan fingerprint density at radius 2 is 1.14 bits per heavy atom. The Bertz CT molecular complexity index is 1840. The monoisotopic (exact) mass is 1230 g/mol. The number of nitrogens with zero attached hydrogens (tertiary/aromatic N) is 1. The van der Waals surface area contributed by atoms with E-state index < -0.39 is 32.7 Å². The molecule has 4 aliphatic carbocycles. The zero-order valence-corrected chi connectivity index (χ0v) is 41.5. The highest BCUT2D eigenvalue weighted by Gasteiger charge is 2.34. The first-order valence-electron chi connectivity index (χ1n) is 23.0. The first kappa shape index (κ1) is 55.2. The number of hydrogen-bond acceptors (Lipinski definition) is 11. The molecule has 1 heterocycles. The molecule has 0 bridgehead atoms. The van der Waals surface area contributed by atoms with Crippen LogP contribution in [0.4, 0.5) is 0 Å². The van der Waals surface area contributed by atoms with Crippen LogP contribution in [0.1, 0.15) is 339 Å². The Hall–Kier alpha value is -2.15. The quantitative estimate of drug-likeness (QED) is 0.0435. The number of thioether (sulfide) groups is 2. The lowest BCUT2D eigenvalue weighted by atomic mass is 9.68. The molecule has 1 aromatic carbocycles. The molecule has 5 aliphatic rings. The lowest BCUT2D eigenvalue weighted by Crippen LogP contribution is -2.28. The maximum Gasteiger partial charge on any atom is 0.350 e. The van der Waals surface area contributed by atoms with Crippen molar-refractivity contribution in [3.8, 4) is 17.6 Å². The van der Waals surface area contributed by atoms with Gasteiger partial charge in [0.1, 0.15) is 17.6 Å². The molecule has 0 aromatic heterocycles. The van der Waals surface area contributed by atoms with Crippen LogP contribution in [0.3, 0.4) is 0 Å². The number of esters is 1. The van der Waals surface area contributed by atoms with Crippen molar-refractivity contribution in [3.63, 3.8) is 0 Å². The van der Waals surface area contributed by atoms with Crippen molar-refractivity contribution in [2.24, 2.45) is 47.3 Å². The molecule has 11 nitrogen and oxygen atoms in total. The molecule has 5 N–H and O–H groups in total. The van der Waals surface area contributed by atoms with Crippen LogP contribution in [-0.2, 0) is 28.3 Å². The van der Waals surface area contributed by atoms with Crippen molar-refractivity contribution < 1.29 is 226 Å². The summed E-state index contributed by atoms with van der Waals surface area (Å²) in [4.78, 5) is 34.7. The van der Waals surface area contributed by atoms with E-state index in [-0.39, 0.29) is 219 Å². The highest BCUT2D eigenvalue weighted by atomic mass is 36.0. The number of fused-ring (bicyclic) bond motifs is 1. The molecule has 1 aliphatic heterocycles. The number of phenols is 2. The Morgan fingerprint density at radius 1 is 0.762 bits per heavy atom. The fourth-order valence-corrected chi connectivity index (χ4v) is 12.4. The van der Waals surface area contributed by atoms with E-state index in [4.69, 9.17) is 19.2 Å². The van der Waals surface area contributed by atoms with Crippen LogP contribution in [0, 0.1) is 58.7 Å². The minimum atomic E-state index is -1.67. The van der Waals surface area contributed by atoms with Gasteiger partial charge in [-0.3, -0.25) is 9.59 Å². The average molecular weight is 1230 g/mol. The van der Waals surface area contributed by atoms with Crippen molar-refractivity contribution in [1.82, 2.24) is 0 Å². The first-order valence-corrected chi connectivity index (χ1v) is 27.4. The van der Waals surface area contributed by atoms with Crippen molar-refractivity contribution in [2.45, 2.75) is 178 Å². The number of aliphatic hydroxyl groups is 1. The molecule has 16 heteroatoms. The molecule has 0 atom stereocenters. The second-order valence-corrected chi connectivity index (χ2v) is 23.5. The van der Waals surface area contributed by atoms with Crippen LogP contribution in [0.2, 0.25) is 0 Å². The van der Waals surface area contributed by atoms with Crippen LogP contribution >= 0.6 is 44.9 Å². The summed E-state index contributed by atoms with van der Waals surface area (Å²) in [6.07, 6.45) is 25.5. The molecule has 0 spiro atoms. The van der Waals surface area contributed by atoms with Crippen LogP contribution in [0.15, 0.2) is 31.7 Å². The lowest BCUT2D eigenvalue weighted by molar-refractivity contribution is -0.144. The van der Waals surface area contributed by atoms with Gasteiger partial charge in [0, 0.05) is 27.8 Å². The largest absolute Gasteiger partial charge is 1.00 e. The van der Waals surface area contributed by atoms with Crippen LogP contribution in [0.5, 0.6) is 11.5 Å². The minimum Gasteiger partial charge on any atom is -1.00 e. The number of phenolic OH excluding ortho intramolecular Hbond substituents is 2. The van der Waals surface area contributed by atoms with E-state index in [9.17, 15) is 35.0 Å². The Labute approximate surface area is 579 Å². The summed E-state index contributed by atoms with van der Waals surface area (Å²) < 4.78 is 14.4. The molecule has 0 saturated heterocycles. The maximum absolute atomic E-state index is 12.0. The summed E-state index contributed by atoms with van der Waals surface area (Å²) in [6, 6.07) is 4.49. The van der Waals surface area contributed by atoms with Crippen molar-refractivity contribution in [2.75, 3.05) is 6.61 Å². The number of carboxylic acid groups (broad SMARTS) is 2. The number of carbonyl (C=O) groups is 3. The molecular weight excluding hydrogens is 906 g/mol. The number of carboxylic acids is 2. The van der Waals surface area contributed by atoms with Crippen LogP contribution in [0.25, 0.3) is 0 Å². The zero-order chi connectivity index (χ0) is 46.7. The van der Waals surface area contributed by atoms with Crippen LogP contribution < -0.4 is 0 Å². The Balaban J connectivity index is -0.00000000210. The topological polar surface area (TPSA) is 202 Å². The number of halogens is 2. The van der Waals surface area contributed by atoms with E-state index >= 15 is 0 Å². The molecule has 63 heavy (non-hydrogen) atoms. The van der Waals surface area contributed by atoms with Crippen molar-refractivity contribution in [3.05, 3.63) is 21.9 Å². The second kappa shape index (κ2) is 28.1. The highest BCUT2D eigenvalue weighted by Crippen LogP contribution is 2.58. The van der Waals surface area contributed by atoms with Gasteiger partial charge < -0.3 is 207 Å². The molecule has 1 aromatic rings. The normalized spacial score (nSPS) is 26.8. The molecule has 0 amide bonds. The van der Waals surface area contributed by atoms with E-state index in [0.717, 1.165) is 84.7 Å².